The summed E-state index contributed by atoms with van der Waals surface area (Å²) in [5, 5.41) is 2.94. The lowest BCUT2D eigenvalue weighted by atomic mass is 10.0. The maximum Gasteiger partial charge on any atom is 0.261 e. The van der Waals surface area contributed by atoms with Crippen molar-refractivity contribution in [2.45, 2.75) is 38.6 Å². The van der Waals surface area contributed by atoms with Crippen LogP contribution in [0.4, 0.5) is 5.69 Å². The van der Waals surface area contributed by atoms with Crippen LogP contribution in [0.5, 0.6) is 0 Å². The molecule has 0 fully saturated rings. The van der Waals surface area contributed by atoms with Gasteiger partial charge in [0, 0.05) is 11.3 Å². The molecule has 0 unspecified atom stereocenters. The maximum atomic E-state index is 12.7. The van der Waals surface area contributed by atoms with Crippen molar-refractivity contribution in [3.8, 4) is 0 Å². The Hall–Kier alpha value is -3.12. The van der Waals surface area contributed by atoms with Gasteiger partial charge >= 0.3 is 0 Å². The van der Waals surface area contributed by atoms with Gasteiger partial charge in [-0.15, -0.1) is 0 Å². The van der Waals surface area contributed by atoms with Crippen LogP contribution < -0.4 is 10.0 Å². The van der Waals surface area contributed by atoms with Crippen LogP contribution in [0, 0.1) is 20.8 Å². The van der Waals surface area contributed by atoms with Gasteiger partial charge < -0.3 is 5.32 Å². The zero-order valence-electron chi connectivity index (χ0n) is 17.6. The molecule has 0 heterocycles. The second-order valence-electron chi connectivity index (χ2n) is 7.54. The number of sulfonamides is 1. The predicted molar refractivity (Wildman–Crippen MR) is 120 cm³/mol. The summed E-state index contributed by atoms with van der Waals surface area (Å²) in [7, 11) is -3.80. The molecule has 30 heavy (non-hydrogen) atoms. The van der Waals surface area contributed by atoms with E-state index in [4.69, 9.17) is 0 Å². The highest BCUT2D eigenvalue weighted by molar-refractivity contribution is 7.92. The van der Waals surface area contributed by atoms with Gasteiger partial charge in [-0.2, -0.15) is 0 Å². The average Bonchev–Trinajstić information content (AvgIpc) is 2.71. The first-order chi connectivity index (χ1) is 14.2. The topological polar surface area (TPSA) is 75.3 Å². The van der Waals surface area contributed by atoms with Crippen LogP contribution in [-0.4, -0.2) is 14.3 Å². The third-order valence-corrected chi connectivity index (χ3v) is 6.47. The molecule has 0 aromatic heterocycles. The number of nitrogens with one attached hydrogen (secondary N) is 2. The van der Waals surface area contributed by atoms with Crippen molar-refractivity contribution >= 4 is 21.6 Å². The number of benzene rings is 3. The number of hydrogen-bond donors (Lipinski definition) is 2. The van der Waals surface area contributed by atoms with Crippen molar-refractivity contribution in [3.05, 3.63) is 94.5 Å². The second-order valence-corrected chi connectivity index (χ2v) is 9.22. The van der Waals surface area contributed by atoms with Gasteiger partial charge in [0.2, 0.25) is 0 Å². The average molecular weight is 423 g/mol. The Morgan fingerprint density at radius 1 is 0.867 bits per heavy atom. The quantitative estimate of drug-likeness (QED) is 0.593. The van der Waals surface area contributed by atoms with Crippen LogP contribution in [0.2, 0.25) is 0 Å². The first-order valence-corrected chi connectivity index (χ1v) is 11.2. The molecule has 0 aliphatic rings. The van der Waals surface area contributed by atoms with Crippen LogP contribution in [0.15, 0.2) is 71.6 Å². The Balaban J connectivity index is 1.77. The van der Waals surface area contributed by atoms with Crippen molar-refractivity contribution in [1.29, 1.82) is 0 Å². The molecule has 0 radical (unpaired) electrons. The van der Waals surface area contributed by atoms with Crippen LogP contribution in [-0.2, 0) is 10.0 Å². The third kappa shape index (κ3) is 5.07. The van der Waals surface area contributed by atoms with Crippen LogP contribution in [0.3, 0.4) is 0 Å². The van der Waals surface area contributed by atoms with E-state index in [-0.39, 0.29) is 22.4 Å². The molecule has 0 aliphatic heterocycles. The second kappa shape index (κ2) is 8.71. The van der Waals surface area contributed by atoms with Gasteiger partial charge in [-0.3, -0.25) is 9.52 Å². The lowest BCUT2D eigenvalue weighted by molar-refractivity contribution is 0.0939. The lowest BCUT2D eigenvalue weighted by Gasteiger charge is -2.16. The highest BCUT2D eigenvalue weighted by Gasteiger charge is 2.18. The maximum absolute atomic E-state index is 12.7. The van der Waals surface area contributed by atoms with E-state index >= 15 is 0 Å². The lowest BCUT2D eigenvalue weighted by Crippen LogP contribution is -2.27. The molecule has 3 rings (SSSR count). The fraction of sp³-hybridized carbons (Fsp3) is 0.208. The van der Waals surface area contributed by atoms with E-state index in [2.05, 4.69) is 10.0 Å². The molecule has 1 amide bonds. The van der Waals surface area contributed by atoms with E-state index in [1.165, 1.54) is 17.7 Å². The normalized spacial score (nSPS) is 12.3. The van der Waals surface area contributed by atoms with Crippen molar-refractivity contribution < 1.29 is 13.2 Å². The molecule has 0 bridgehead atoms. The SMILES string of the molecule is Cc1ccc(NS(=O)(=O)c2cccc(C(=O)N[C@@H](C)c3ccc(C)c(C)c3)c2)cc1. The Kier molecular flexibility index (Phi) is 6.27. The molecule has 1 atom stereocenters. The molecule has 3 aromatic carbocycles. The largest absolute Gasteiger partial charge is 0.346 e. The Morgan fingerprint density at radius 2 is 1.57 bits per heavy atom. The number of amides is 1. The van der Waals surface area contributed by atoms with E-state index in [1.54, 1.807) is 24.3 Å². The molecule has 156 valence electrons. The molecule has 0 spiro atoms. The summed E-state index contributed by atoms with van der Waals surface area (Å²) in [4.78, 5) is 12.8. The summed E-state index contributed by atoms with van der Waals surface area (Å²) >= 11 is 0. The highest BCUT2D eigenvalue weighted by atomic mass is 32.2. The number of anilines is 1. The van der Waals surface area contributed by atoms with E-state index in [9.17, 15) is 13.2 Å². The molecule has 0 aliphatic carbocycles. The van der Waals surface area contributed by atoms with Gasteiger partial charge in [-0.25, -0.2) is 8.42 Å². The minimum Gasteiger partial charge on any atom is -0.346 e. The van der Waals surface area contributed by atoms with Crippen LogP contribution >= 0.6 is 0 Å². The van der Waals surface area contributed by atoms with E-state index < -0.39 is 10.0 Å². The highest BCUT2D eigenvalue weighted by Crippen LogP contribution is 2.20. The van der Waals surface area contributed by atoms with Crippen molar-refractivity contribution in [2.24, 2.45) is 0 Å². The van der Waals surface area contributed by atoms with Gasteiger partial charge in [0.15, 0.2) is 0 Å². The van der Waals surface area contributed by atoms with Gasteiger partial charge in [0.25, 0.3) is 15.9 Å². The molecule has 0 saturated carbocycles. The zero-order chi connectivity index (χ0) is 21.9. The van der Waals surface area contributed by atoms with Crippen LogP contribution in [0.25, 0.3) is 0 Å². The monoisotopic (exact) mass is 422 g/mol. The number of carbonyl (C=O) groups excluding carboxylic acids is 1. The number of hydrogen-bond acceptors (Lipinski definition) is 3. The third-order valence-electron chi connectivity index (χ3n) is 5.09. The van der Waals surface area contributed by atoms with Gasteiger partial charge in [0.1, 0.15) is 0 Å². The van der Waals surface area contributed by atoms with Gasteiger partial charge in [-0.05, 0) is 74.7 Å². The minimum atomic E-state index is -3.80. The summed E-state index contributed by atoms with van der Waals surface area (Å²) in [6, 6.07) is 19.0. The Labute approximate surface area is 178 Å². The van der Waals surface area contributed by atoms with Crippen LogP contribution in [0.1, 0.15) is 45.6 Å². The Bertz CT molecular complexity index is 1170. The first-order valence-electron chi connectivity index (χ1n) is 9.73. The molecular weight excluding hydrogens is 396 g/mol. The molecule has 0 saturated heterocycles. The van der Waals surface area contributed by atoms with E-state index in [0.717, 1.165) is 16.7 Å². The minimum absolute atomic E-state index is 0.0366. The summed E-state index contributed by atoms with van der Waals surface area (Å²) in [5.74, 6) is -0.326. The van der Waals surface area contributed by atoms with E-state index in [1.807, 2.05) is 58.0 Å². The van der Waals surface area contributed by atoms with Crippen molar-refractivity contribution in [3.63, 3.8) is 0 Å². The molecule has 6 heteroatoms. The molecule has 3 aromatic rings. The van der Waals surface area contributed by atoms with E-state index in [0.29, 0.717) is 5.69 Å². The standard InChI is InChI=1S/C24H26N2O3S/c1-16-8-12-22(13-9-16)26-30(28,29)23-7-5-6-21(15-23)24(27)25-19(4)20-11-10-17(2)18(3)14-20/h5-15,19,26H,1-4H3,(H,25,27)/t19-/m0/s1. The molecule has 2 N–H and O–H groups in total. The van der Waals surface area contributed by atoms with Gasteiger partial charge in [-0.1, -0.05) is 42.0 Å². The van der Waals surface area contributed by atoms with Crippen molar-refractivity contribution in [2.75, 3.05) is 4.72 Å². The first kappa shape index (κ1) is 21.6. The zero-order valence-corrected chi connectivity index (χ0v) is 18.4. The van der Waals surface area contributed by atoms with Crippen molar-refractivity contribution in [1.82, 2.24) is 5.32 Å². The smallest absolute Gasteiger partial charge is 0.261 e. The number of carbonyl (C=O) groups is 1. The number of rotatable bonds is 6. The predicted octanol–water partition coefficient (Wildman–Crippen LogP) is 4.90. The number of aryl methyl sites for hydroxylation is 3. The summed E-state index contributed by atoms with van der Waals surface area (Å²) in [6.07, 6.45) is 0. The molecule has 5 nitrogen and oxygen atoms in total. The summed E-state index contributed by atoms with van der Waals surface area (Å²) < 4.78 is 28.0. The summed E-state index contributed by atoms with van der Waals surface area (Å²) in [5.41, 5.74) is 5.14. The Morgan fingerprint density at radius 3 is 2.23 bits per heavy atom. The fourth-order valence-corrected chi connectivity index (χ4v) is 4.14. The summed E-state index contributed by atoms with van der Waals surface area (Å²) in [6.45, 7) is 7.91. The fourth-order valence-electron chi connectivity index (χ4n) is 3.04. The van der Waals surface area contributed by atoms with Gasteiger partial charge in [0.05, 0.1) is 10.9 Å². The molecular formula is C24H26N2O3S.